The SMILES string of the molecule is COc1cc(OC)cc(C(=O)N2CCN(C(=O)CN3CCc4sccc4[C@@H]3c3ccccc3C)C[C@@H]2C)c1. The van der Waals surface area contributed by atoms with Gasteiger partial charge < -0.3 is 19.3 Å². The lowest BCUT2D eigenvalue weighted by molar-refractivity contribution is -0.135. The van der Waals surface area contributed by atoms with Crippen molar-refractivity contribution in [3.8, 4) is 11.5 Å². The van der Waals surface area contributed by atoms with Gasteiger partial charge in [0.2, 0.25) is 5.91 Å². The van der Waals surface area contributed by atoms with Crippen molar-refractivity contribution in [1.82, 2.24) is 14.7 Å². The van der Waals surface area contributed by atoms with Gasteiger partial charge in [0.1, 0.15) is 11.5 Å². The van der Waals surface area contributed by atoms with E-state index in [2.05, 4.69) is 47.5 Å². The van der Waals surface area contributed by atoms with Gasteiger partial charge in [-0.3, -0.25) is 14.5 Å². The van der Waals surface area contributed by atoms with Gasteiger partial charge in [-0.25, -0.2) is 0 Å². The van der Waals surface area contributed by atoms with Crippen LogP contribution in [0.4, 0.5) is 0 Å². The number of carbonyl (C=O) groups is 2. The molecule has 2 aliphatic rings. The molecule has 1 fully saturated rings. The van der Waals surface area contributed by atoms with E-state index in [0.717, 1.165) is 13.0 Å². The summed E-state index contributed by atoms with van der Waals surface area (Å²) in [5.41, 5.74) is 4.34. The van der Waals surface area contributed by atoms with E-state index in [1.165, 1.54) is 21.6 Å². The molecular weight excluding hydrogens is 498 g/mol. The summed E-state index contributed by atoms with van der Waals surface area (Å²) in [6.07, 6.45) is 0.964. The number of methoxy groups -OCH3 is 2. The van der Waals surface area contributed by atoms with E-state index >= 15 is 0 Å². The van der Waals surface area contributed by atoms with Crippen LogP contribution in [0, 0.1) is 6.92 Å². The summed E-state index contributed by atoms with van der Waals surface area (Å²) in [6, 6.07) is 15.9. The summed E-state index contributed by atoms with van der Waals surface area (Å²) in [5, 5.41) is 2.16. The van der Waals surface area contributed by atoms with E-state index in [1.807, 2.05) is 28.1 Å². The van der Waals surface area contributed by atoms with E-state index in [4.69, 9.17) is 9.47 Å². The summed E-state index contributed by atoms with van der Waals surface area (Å²) in [5.74, 6) is 1.19. The second kappa shape index (κ2) is 11.2. The first kappa shape index (κ1) is 26.3. The molecule has 8 heteroatoms. The maximum atomic E-state index is 13.6. The number of thiophene rings is 1. The van der Waals surface area contributed by atoms with Crippen LogP contribution >= 0.6 is 11.3 Å². The van der Waals surface area contributed by atoms with E-state index < -0.39 is 0 Å². The minimum Gasteiger partial charge on any atom is -0.497 e. The number of benzene rings is 2. The molecule has 0 bridgehead atoms. The normalized spacial score (nSPS) is 19.7. The summed E-state index contributed by atoms with van der Waals surface area (Å²) in [4.78, 5) is 34.4. The maximum Gasteiger partial charge on any atom is 0.254 e. The molecule has 1 aromatic heterocycles. The average Bonchev–Trinajstić information content (AvgIpc) is 3.41. The topological polar surface area (TPSA) is 62.3 Å². The quantitative estimate of drug-likeness (QED) is 0.470. The predicted molar refractivity (Wildman–Crippen MR) is 149 cm³/mol. The van der Waals surface area contributed by atoms with Crippen molar-refractivity contribution in [2.75, 3.05) is 46.9 Å². The van der Waals surface area contributed by atoms with Crippen LogP contribution < -0.4 is 9.47 Å². The number of hydrogen-bond acceptors (Lipinski definition) is 6. The Balaban J connectivity index is 1.28. The number of nitrogens with zero attached hydrogens (tertiary/aromatic N) is 3. The molecule has 2 aliphatic heterocycles. The molecule has 2 amide bonds. The molecule has 7 nitrogen and oxygen atoms in total. The van der Waals surface area contributed by atoms with Gasteiger partial charge in [0.25, 0.3) is 5.91 Å². The van der Waals surface area contributed by atoms with Crippen LogP contribution in [0.15, 0.2) is 53.9 Å². The molecule has 200 valence electrons. The van der Waals surface area contributed by atoms with E-state index in [-0.39, 0.29) is 23.9 Å². The van der Waals surface area contributed by atoms with Crippen LogP contribution in [-0.4, -0.2) is 79.5 Å². The first-order valence-electron chi connectivity index (χ1n) is 13.1. The van der Waals surface area contributed by atoms with Gasteiger partial charge in [0, 0.05) is 48.7 Å². The molecule has 3 aromatic rings. The fourth-order valence-corrected chi connectivity index (χ4v) is 6.56. The Hall–Kier alpha value is -3.36. The van der Waals surface area contributed by atoms with Crippen LogP contribution in [0.25, 0.3) is 0 Å². The van der Waals surface area contributed by atoms with Crippen molar-refractivity contribution in [2.24, 2.45) is 0 Å². The molecule has 5 rings (SSSR count). The van der Waals surface area contributed by atoms with Gasteiger partial charge in [0.15, 0.2) is 0 Å². The molecule has 2 aromatic carbocycles. The molecule has 2 atom stereocenters. The van der Waals surface area contributed by atoms with Crippen molar-refractivity contribution < 1.29 is 19.1 Å². The fourth-order valence-electron chi connectivity index (χ4n) is 5.65. The Morgan fingerprint density at radius 3 is 2.39 bits per heavy atom. The van der Waals surface area contributed by atoms with Gasteiger partial charge in [-0.05, 0) is 60.5 Å². The molecule has 0 saturated carbocycles. The van der Waals surface area contributed by atoms with Crippen LogP contribution in [0.1, 0.15) is 44.9 Å². The second-order valence-electron chi connectivity index (χ2n) is 10.1. The average molecular weight is 534 g/mol. The van der Waals surface area contributed by atoms with Crippen LogP contribution in [0.3, 0.4) is 0 Å². The maximum absolute atomic E-state index is 13.6. The predicted octanol–water partition coefficient (Wildman–Crippen LogP) is 4.39. The fraction of sp³-hybridized carbons (Fsp3) is 0.400. The van der Waals surface area contributed by atoms with Gasteiger partial charge in [-0.1, -0.05) is 24.3 Å². The highest BCUT2D eigenvalue weighted by Gasteiger charge is 2.35. The summed E-state index contributed by atoms with van der Waals surface area (Å²) < 4.78 is 10.7. The lowest BCUT2D eigenvalue weighted by Crippen LogP contribution is -2.57. The molecule has 38 heavy (non-hydrogen) atoms. The Morgan fingerprint density at radius 1 is 0.974 bits per heavy atom. The number of rotatable bonds is 6. The molecular formula is C30H35N3O4S. The lowest BCUT2D eigenvalue weighted by Gasteiger charge is -2.42. The first-order chi connectivity index (χ1) is 18.4. The van der Waals surface area contributed by atoms with Crippen LogP contribution in [0.2, 0.25) is 0 Å². The molecule has 0 spiro atoms. The third-order valence-electron chi connectivity index (χ3n) is 7.73. The Labute approximate surface area is 228 Å². The number of hydrogen-bond donors (Lipinski definition) is 0. The van der Waals surface area contributed by atoms with Gasteiger partial charge in [-0.2, -0.15) is 0 Å². The first-order valence-corrected chi connectivity index (χ1v) is 13.9. The zero-order valence-electron chi connectivity index (χ0n) is 22.5. The van der Waals surface area contributed by atoms with Crippen LogP contribution in [0.5, 0.6) is 11.5 Å². The third kappa shape index (κ3) is 5.15. The van der Waals surface area contributed by atoms with Crippen molar-refractivity contribution in [3.63, 3.8) is 0 Å². The molecule has 0 radical (unpaired) electrons. The molecule has 3 heterocycles. The molecule has 1 saturated heterocycles. The number of aryl methyl sites for hydroxylation is 1. The Bertz CT molecular complexity index is 1300. The minimum atomic E-state index is -0.102. The zero-order valence-corrected chi connectivity index (χ0v) is 23.3. The van der Waals surface area contributed by atoms with E-state index in [0.29, 0.717) is 43.2 Å². The van der Waals surface area contributed by atoms with E-state index in [1.54, 1.807) is 32.4 Å². The van der Waals surface area contributed by atoms with Crippen LogP contribution in [-0.2, 0) is 11.2 Å². The smallest absolute Gasteiger partial charge is 0.254 e. The monoisotopic (exact) mass is 533 g/mol. The zero-order chi connectivity index (χ0) is 26.8. The van der Waals surface area contributed by atoms with Gasteiger partial charge >= 0.3 is 0 Å². The molecule has 0 aliphatic carbocycles. The highest BCUT2D eigenvalue weighted by Crippen LogP contribution is 2.38. The van der Waals surface area contributed by atoms with Gasteiger partial charge in [-0.15, -0.1) is 11.3 Å². The van der Waals surface area contributed by atoms with Crippen molar-refractivity contribution in [3.05, 3.63) is 81.0 Å². The summed E-state index contributed by atoms with van der Waals surface area (Å²) in [6.45, 7) is 6.88. The number of amides is 2. The molecule has 0 N–H and O–H groups in total. The largest absolute Gasteiger partial charge is 0.497 e. The molecule has 0 unspecified atom stereocenters. The lowest BCUT2D eigenvalue weighted by atomic mass is 9.90. The Kier molecular flexibility index (Phi) is 7.72. The van der Waals surface area contributed by atoms with E-state index in [9.17, 15) is 9.59 Å². The van der Waals surface area contributed by atoms with Crippen molar-refractivity contribution in [1.29, 1.82) is 0 Å². The number of piperazine rings is 1. The highest BCUT2D eigenvalue weighted by molar-refractivity contribution is 7.10. The number of carbonyl (C=O) groups excluding carboxylic acids is 2. The second-order valence-corrected chi connectivity index (χ2v) is 11.1. The van der Waals surface area contributed by atoms with Crippen molar-refractivity contribution >= 4 is 23.2 Å². The number of fused-ring (bicyclic) bond motifs is 1. The third-order valence-corrected chi connectivity index (χ3v) is 8.72. The Morgan fingerprint density at radius 2 is 1.71 bits per heavy atom. The minimum absolute atomic E-state index is 0.0811. The van der Waals surface area contributed by atoms with Gasteiger partial charge in [0.05, 0.1) is 26.8 Å². The summed E-state index contributed by atoms with van der Waals surface area (Å²) >= 11 is 1.81. The number of ether oxygens (including phenoxy) is 2. The highest BCUT2D eigenvalue weighted by atomic mass is 32.1. The summed E-state index contributed by atoms with van der Waals surface area (Å²) in [7, 11) is 3.14. The van der Waals surface area contributed by atoms with Crippen molar-refractivity contribution in [2.45, 2.75) is 32.4 Å². The standard InChI is InChI=1S/C30H35N3O4S/c1-20-7-5-6-8-25(20)29-26-10-14-38-27(26)9-11-32(29)19-28(34)31-12-13-33(21(2)18-31)30(35)22-15-23(36-3)17-24(16-22)37-4/h5-8,10,14-17,21,29H,9,11-13,18-19H2,1-4H3/t21-,29-/m0/s1.